The maximum absolute atomic E-state index is 12.3. The first-order valence-corrected chi connectivity index (χ1v) is 7.15. The van der Waals surface area contributed by atoms with Gasteiger partial charge in [0.15, 0.2) is 0 Å². The summed E-state index contributed by atoms with van der Waals surface area (Å²) in [6.45, 7) is 7.80. The molecule has 0 saturated carbocycles. The quantitative estimate of drug-likeness (QED) is 0.651. The molecule has 0 aromatic heterocycles. The first-order chi connectivity index (χ1) is 9.70. The number of hydrogen-bond donors (Lipinski definition) is 1. The summed E-state index contributed by atoms with van der Waals surface area (Å²) in [7, 11) is 0. The van der Waals surface area contributed by atoms with Gasteiger partial charge in [0.05, 0.1) is 6.61 Å². The third kappa shape index (κ3) is 6.01. The molecule has 0 bridgehead atoms. The average Bonchev–Trinajstić information content (AvgIpc) is 2.47. The number of nitrogens with zero attached hydrogens (tertiary/aromatic N) is 2. The fraction of sp³-hybridized carbons (Fsp3) is 0.533. The molecule has 2 rings (SSSR count). The second-order valence-corrected chi connectivity index (χ2v) is 4.96. The fourth-order valence-electron chi connectivity index (χ4n) is 2.37. The lowest BCUT2D eigenvalue weighted by Gasteiger charge is -2.34. The molecule has 2 N–H and O–H groups in total. The second kappa shape index (κ2) is 10.7. The van der Waals surface area contributed by atoms with Crippen molar-refractivity contribution in [1.82, 2.24) is 9.80 Å². The van der Waals surface area contributed by atoms with Crippen LogP contribution in [0.1, 0.15) is 17.3 Å². The number of piperazine rings is 1. The molecule has 1 aromatic rings. The number of nitrogen functional groups attached to an aromatic ring is 1. The first-order valence-electron chi connectivity index (χ1n) is 7.15. The number of halogens is 2. The first kappa shape index (κ1) is 21.0. The Balaban J connectivity index is 0.00000220. The van der Waals surface area contributed by atoms with Gasteiger partial charge in [-0.05, 0) is 25.1 Å². The van der Waals surface area contributed by atoms with Gasteiger partial charge in [-0.15, -0.1) is 24.8 Å². The summed E-state index contributed by atoms with van der Waals surface area (Å²) in [6, 6.07) is 7.17. The predicted molar refractivity (Wildman–Crippen MR) is 94.2 cm³/mol. The third-order valence-corrected chi connectivity index (χ3v) is 3.55. The van der Waals surface area contributed by atoms with Crippen LogP contribution in [0.15, 0.2) is 24.3 Å². The lowest BCUT2D eigenvalue weighted by atomic mass is 10.1. The molecule has 22 heavy (non-hydrogen) atoms. The predicted octanol–water partition coefficient (Wildman–Crippen LogP) is 1.91. The van der Waals surface area contributed by atoms with Crippen LogP contribution in [0.4, 0.5) is 5.69 Å². The Bertz CT molecular complexity index is 452. The van der Waals surface area contributed by atoms with Gasteiger partial charge in [0.2, 0.25) is 0 Å². The number of ether oxygens (including phenoxy) is 1. The minimum atomic E-state index is 0. The van der Waals surface area contributed by atoms with E-state index in [9.17, 15) is 4.79 Å². The minimum absolute atomic E-state index is 0. The van der Waals surface area contributed by atoms with Crippen molar-refractivity contribution in [2.45, 2.75) is 6.92 Å². The molecule has 0 atom stereocenters. The van der Waals surface area contributed by atoms with Gasteiger partial charge >= 0.3 is 0 Å². The van der Waals surface area contributed by atoms with Gasteiger partial charge in [0, 0.05) is 50.6 Å². The van der Waals surface area contributed by atoms with E-state index in [2.05, 4.69) is 4.90 Å². The Hall–Kier alpha value is -1.01. The van der Waals surface area contributed by atoms with Crippen molar-refractivity contribution in [3.8, 4) is 0 Å². The molecule has 126 valence electrons. The zero-order chi connectivity index (χ0) is 14.4. The molecule has 5 nitrogen and oxygen atoms in total. The fourth-order valence-corrected chi connectivity index (χ4v) is 2.37. The maximum Gasteiger partial charge on any atom is 0.254 e. The van der Waals surface area contributed by atoms with Crippen LogP contribution in [0.3, 0.4) is 0 Å². The normalized spacial score (nSPS) is 14.9. The van der Waals surface area contributed by atoms with Crippen molar-refractivity contribution in [2.75, 3.05) is 51.7 Å². The van der Waals surface area contributed by atoms with Crippen molar-refractivity contribution < 1.29 is 9.53 Å². The molecule has 0 radical (unpaired) electrons. The molecular weight excluding hydrogens is 325 g/mol. The molecule has 1 aliphatic heterocycles. The van der Waals surface area contributed by atoms with E-state index in [1.807, 2.05) is 24.0 Å². The van der Waals surface area contributed by atoms with Crippen LogP contribution < -0.4 is 5.73 Å². The van der Waals surface area contributed by atoms with E-state index in [0.717, 1.165) is 45.9 Å². The highest BCUT2D eigenvalue weighted by Crippen LogP contribution is 2.11. The highest BCUT2D eigenvalue weighted by molar-refractivity contribution is 5.95. The van der Waals surface area contributed by atoms with E-state index in [4.69, 9.17) is 10.5 Å². The number of carbonyl (C=O) groups is 1. The van der Waals surface area contributed by atoms with Gasteiger partial charge in [-0.1, -0.05) is 6.07 Å². The van der Waals surface area contributed by atoms with Gasteiger partial charge < -0.3 is 15.4 Å². The van der Waals surface area contributed by atoms with Gasteiger partial charge in [-0.25, -0.2) is 0 Å². The van der Waals surface area contributed by atoms with Crippen LogP contribution in [0.5, 0.6) is 0 Å². The highest BCUT2D eigenvalue weighted by Gasteiger charge is 2.21. The van der Waals surface area contributed by atoms with Crippen molar-refractivity contribution in [3.05, 3.63) is 29.8 Å². The van der Waals surface area contributed by atoms with E-state index in [1.165, 1.54) is 0 Å². The Morgan fingerprint density at radius 3 is 2.50 bits per heavy atom. The van der Waals surface area contributed by atoms with E-state index in [1.54, 1.807) is 12.1 Å². The van der Waals surface area contributed by atoms with Crippen LogP contribution in [-0.4, -0.2) is 61.6 Å². The minimum Gasteiger partial charge on any atom is -0.399 e. The van der Waals surface area contributed by atoms with Crippen molar-refractivity contribution >= 4 is 36.4 Å². The number of benzene rings is 1. The Labute approximate surface area is 144 Å². The monoisotopic (exact) mass is 349 g/mol. The Kier molecular flexibility index (Phi) is 10.2. The van der Waals surface area contributed by atoms with Crippen molar-refractivity contribution in [1.29, 1.82) is 0 Å². The summed E-state index contributed by atoms with van der Waals surface area (Å²) >= 11 is 0. The van der Waals surface area contributed by atoms with Crippen molar-refractivity contribution in [3.63, 3.8) is 0 Å². The van der Waals surface area contributed by atoms with Crippen LogP contribution in [0.25, 0.3) is 0 Å². The van der Waals surface area contributed by atoms with Gasteiger partial charge in [-0.2, -0.15) is 0 Å². The summed E-state index contributed by atoms with van der Waals surface area (Å²) in [6.07, 6.45) is 0. The number of amides is 1. The van der Waals surface area contributed by atoms with Crippen LogP contribution in [-0.2, 0) is 4.74 Å². The average molecular weight is 350 g/mol. The Morgan fingerprint density at radius 1 is 1.23 bits per heavy atom. The highest BCUT2D eigenvalue weighted by atomic mass is 35.5. The second-order valence-electron chi connectivity index (χ2n) is 4.96. The molecule has 1 saturated heterocycles. The number of anilines is 1. The summed E-state index contributed by atoms with van der Waals surface area (Å²) in [4.78, 5) is 16.6. The van der Waals surface area contributed by atoms with Gasteiger partial charge in [0.25, 0.3) is 5.91 Å². The number of carbonyl (C=O) groups excluding carboxylic acids is 1. The maximum atomic E-state index is 12.3. The van der Waals surface area contributed by atoms with Crippen LogP contribution >= 0.6 is 24.8 Å². The zero-order valence-corrected chi connectivity index (χ0v) is 14.5. The van der Waals surface area contributed by atoms with E-state index in [-0.39, 0.29) is 30.7 Å². The summed E-state index contributed by atoms with van der Waals surface area (Å²) in [5.74, 6) is 0.0711. The Morgan fingerprint density at radius 2 is 1.91 bits per heavy atom. The summed E-state index contributed by atoms with van der Waals surface area (Å²) in [5, 5.41) is 0. The van der Waals surface area contributed by atoms with Crippen LogP contribution in [0, 0.1) is 0 Å². The van der Waals surface area contributed by atoms with Crippen molar-refractivity contribution in [2.24, 2.45) is 0 Å². The molecule has 1 aliphatic rings. The van der Waals surface area contributed by atoms with E-state index in [0.29, 0.717) is 11.3 Å². The number of rotatable bonds is 5. The standard InChI is InChI=1S/C15H23N3O2.2ClH/c1-2-20-11-10-17-6-8-18(9-7-17)15(19)13-4-3-5-14(16)12-13;;/h3-5,12H,2,6-11,16H2,1H3;2*1H. The van der Waals surface area contributed by atoms with Gasteiger partial charge in [-0.3, -0.25) is 9.69 Å². The zero-order valence-electron chi connectivity index (χ0n) is 12.9. The molecule has 0 unspecified atom stereocenters. The molecule has 1 heterocycles. The summed E-state index contributed by atoms with van der Waals surface area (Å²) in [5.41, 5.74) is 7.03. The lowest BCUT2D eigenvalue weighted by Crippen LogP contribution is -2.49. The molecule has 0 spiro atoms. The number of hydrogen-bond acceptors (Lipinski definition) is 4. The van der Waals surface area contributed by atoms with Gasteiger partial charge in [0.1, 0.15) is 0 Å². The smallest absolute Gasteiger partial charge is 0.254 e. The topological polar surface area (TPSA) is 58.8 Å². The van der Waals surface area contributed by atoms with E-state index < -0.39 is 0 Å². The molecule has 1 fully saturated rings. The molecule has 1 amide bonds. The largest absolute Gasteiger partial charge is 0.399 e. The number of nitrogens with two attached hydrogens (primary N) is 1. The third-order valence-electron chi connectivity index (χ3n) is 3.55. The van der Waals surface area contributed by atoms with Crippen LogP contribution in [0.2, 0.25) is 0 Å². The molecule has 7 heteroatoms. The lowest BCUT2D eigenvalue weighted by molar-refractivity contribution is 0.0565. The summed E-state index contributed by atoms with van der Waals surface area (Å²) < 4.78 is 5.36. The molecule has 0 aliphatic carbocycles. The van der Waals surface area contributed by atoms with E-state index >= 15 is 0 Å². The molecule has 1 aromatic carbocycles. The molecular formula is C15H25Cl2N3O2. The SMILES string of the molecule is CCOCCN1CCN(C(=O)c2cccc(N)c2)CC1.Cl.Cl.